The second-order valence-electron chi connectivity index (χ2n) is 6.27. The molecule has 1 aliphatic heterocycles. The van der Waals surface area contributed by atoms with Crippen LogP contribution in [0.3, 0.4) is 0 Å². The number of nitrogens with zero attached hydrogens (tertiary/aromatic N) is 1. The molecule has 1 amide bonds. The molecule has 0 bridgehead atoms. The minimum absolute atomic E-state index is 0.0343. The van der Waals surface area contributed by atoms with Crippen LogP contribution >= 0.6 is 23.2 Å². The fraction of sp³-hybridized carbons (Fsp3) is 0.529. The number of hydrogen-bond acceptors (Lipinski definition) is 5. The van der Waals surface area contributed by atoms with Crippen LogP contribution < -0.4 is 5.32 Å². The maximum Gasteiger partial charge on any atom is 0.309 e. The predicted molar refractivity (Wildman–Crippen MR) is 104 cm³/mol. The lowest BCUT2D eigenvalue weighted by atomic mass is 9.98. The fourth-order valence-corrected chi connectivity index (χ4v) is 4.29. The Hall–Kier alpha value is -1.35. The Bertz CT molecular complexity index is 808. The number of carbonyl (C=O) groups is 2. The molecule has 1 aromatic rings. The molecule has 27 heavy (non-hydrogen) atoms. The number of amides is 1. The molecule has 2 rings (SSSR count). The van der Waals surface area contributed by atoms with Gasteiger partial charge in [-0.05, 0) is 44.9 Å². The summed E-state index contributed by atoms with van der Waals surface area (Å²) in [6.07, 6.45) is -0.271. The number of rotatable bonds is 6. The van der Waals surface area contributed by atoms with Gasteiger partial charge in [-0.3, -0.25) is 9.59 Å². The first kappa shape index (κ1) is 21.9. The first-order valence-corrected chi connectivity index (χ1v) is 10.9. The van der Waals surface area contributed by atoms with Crippen LogP contribution in [-0.4, -0.2) is 49.5 Å². The summed E-state index contributed by atoms with van der Waals surface area (Å²) in [6.45, 7) is 3.60. The highest BCUT2D eigenvalue weighted by atomic mass is 35.5. The number of esters is 1. The SMILES string of the molecule is CCS(=O)(=O)N1CCC(C(=O)OC(C)C(=O)Nc2ccc(Cl)cc2Cl)CC1. The number of carbonyl (C=O) groups excluding carboxylic acids is 2. The van der Waals surface area contributed by atoms with Crippen LogP contribution in [0, 0.1) is 5.92 Å². The summed E-state index contributed by atoms with van der Waals surface area (Å²) in [6, 6.07) is 4.63. The van der Waals surface area contributed by atoms with Crippen LogP contribution in [0.5, 0.6) is 0 Å². The van der Waals surface area contributed by atoms with Crippen molar-refractivity contribution in [2.45, 2.75) is 32.8 Å². The highest BCUT2D eigenvalue weighted by Crippen LogP contribution is 2.26. The number of nitrogens with one attached hydrogen (secondary N) is 1. The van der Waals surface area contributed by atoms with Crippen LogP contribution in [0.1, 0.15) is 26.7 Å². The van der Waals surface area contributed by atoms with E-state index in [1.165, 1.54) is 17.3 Å². The van der Waals surface area contributed by atoms with Crippen molar-refractivity contribution < 1.29 is 22.7 Å². The van der Waals surface area contributed by atoms with Gasteiger partial charge in [-0.1, -0.05) is 23.2 Å². The molecule has 10 heteroatoms. The van der Waals surface area contributed by atoms with E-state index >= 15 is 0 Å². The number of anilines is 1. The molecule has 0 spiro atoms. The first-order valence-electron chi connectivity index (χ1n) is 8.58. The van der Waals surface area contributed by atoms with Crippen molar-refractivity contribution in [1.29, 1.82) is 0 Å². The maximum absolute atomic E-state index is 12.3. The summed E-state index contributed by atoms with van der Waals surface area (Å²) >= 11 is 11.8. The van der Waals surface area contributed by atoms with Gasteiger partial charge in [0.05, 0.1) is 22.4 Å². The predicted octanol–water partition coefficient (Wildman–Crippen LogP) is 2.93. The van der Waals surface area contributed by atoms with Crippen LogP contribution in [0.25, 0.3) is 0 Å². The van der Waals surface area contributed by atoms with Gasteiger partial charge >= 0.3 is 5.97 Å². The molecule has 1 N–H and O–H groups in total. The normalized spacial score (nSPS) is 17.3. The van der Waals surface area contributed by atoms with Crippen molar-refractivity contribution in [2.24, 2.45) is 5.92 Å². The molecule has 1 heterocycles. The zero-order chi connectivity index (χ0) is 20.2. The van der Waals surface area contributed by atoms with Gasteiger partial charge in [0.15, 0.2) is 6.10 Å². The van der Waals surface area contributed by atoms with E-state index in [0.717, 1.165) is 0 Å². The summed E-state index contributed by atoms with van der Waals surface area (Å²) in [5.74, 6) is -1.42. The van der Waals surface area contributed by atoms with Gasteiger partial charge in [0.1, 0.15) is 0 Å². The van der Waals surface area contributed by atoms with E-state index in [0.29, 0.717) is 23.6 Å². The molecule has 0 radical (unpaired) electrons. The standard InChI is InChI=1S/C17H22Cl2N2O5S/c1-3-27(24,25)21-8-6-12(7-9-21)17(23)26-11(2)16(22)20-15-5-4-13(18)10-14(15)19/h4-5,10-12H,3,6-9H2,1-2H3,(H,20,22). The van der Waals surface area contributed by atoms with E-state index in [9.17, 15) is 18.0 Å². The molecule has 1 unspecified atom stereocenters. The minimum Gasteiger partial charge on any atom is -0.452 e. The highest BCUT2D eigenvalue weighted by Gasteiger charge is 2.32. The molecule has 1 fully saturated rings. The number of piperidine rings is 1. The Kier molecular flexibility index (Phi) is 7.50. The molecule has 1 saturated heterocycles. The second kappa shape index (κ2) is 9.23. The number of hydrogen-bond donors (Lipinski definition) is 1. The van der Waals surface area contributed by atoms with Crippen LogP contribution in [0.2, 0.25) is 10.0 Å². The largest absolute Gasteiger partial charge is 0.452 e. The Morgan fingerprint density at radius 1 is 1.30 bits per heavy atom. The molecule has 1 aromatic carbocycles. The summed E-state index contributed by atoms with van der Waals surface area (Å²) in [5, 5.41) is 3.30. The maximum atomic E-state index is 12.3. The number of halogens is 2. The molecule has 0 aromatic heterocycles. The molecule has 1 aliphatic rings. The Morgan fingerprint density at radius 3 is 2.48 bits per heavy atom. The van der Waals surface area contributed by atoms with Crippen molar-refractivity contribution >= 4 is 50.8 Å². The van der Waals surface area contributed by atoms with Crippen molar-refractivity contribution in [3.63, 3.8) is 0 Å². The molecule has 1 atom stereocenters. The van der Waals surface area contributed by atoms with Crippen molar-refractivity contribution in [3.05, 3.63) is 28.2 Å². The zero-order valence-electron chi connectivity index (χ0n) is 15.1. The van der Waals surface area contributed by atoms with Crippen molar-refractivity contribution in [3.8, 4) is 0 Å². The lowest BCUT2D eigenvalue weighted by molar-refractivity contribution is -0.158. The monoisotopic (exact) mass is 436 g/mol. The van der Waals surface area contributed by atoms with Crippen molar-refractivity contribution in [2.75, 3.05) is 24.2 Å². The second-order valence-corrected chi connectivity index (χ2v) is 9.37. The van der Waals surface area contributed by atoms with E-state index in [1.54, 1.807) is 19.1 Å². The molecular weight excluding hydrogens is 415 g/mol. The van der Waals surface area contributed by atoms with Crippen molar-refractivity contribution in [1.82, 2.24) is 4.31 Å². The van der Waals surface area contributed by atoms with E-state index in [1.807, 2.05) is 0 Å². The van der Waals surface area contributed by atoms with E-state index in [4.69, 9.17) is 27.9 Å². The number of sulfonamides is 1. The number of ether oxygens (including phenoxy) is 1. The lowest BCUT2D eigenvalue weighted by Crippen LogP contribution is -2.42. The molecular formula is C17H22Cl2N2O5S. The van der Waals surface area contributed by atoms with E-state index in [2.05, 4.69) is 5.32 Å². The molecule has 0 aliphatic carbocycles. The summed E-state index contributed by atoms with van der Waals surface area (Å²) < 4.78 is 30.3. The van der Waals surface area contributed by atoms with Gasteiger partial charge in [-0.15, -0.1) is 0 Å². The summed E-state index contributed by atoms with van der Waals surface area (Å²) in [5.41, 5.74) is 0.368. The number of benzene rings is 1. The third-order valence-electron chi connectivity index (χ3n) is 4.40. The minimum atomic E-state index is -3.25. The summed E-state index contributed by atoms with van der Waals surface area (Å²) in [7, 11) is -3.25. The molecule has 150 valence electrons. The average molecular weight is 437 g/mol. The molecule has 0 saturated carbocycles. The van der Waals surface area contributed by atoms with Crippen LogP contribution in [0.4, 0.5) is 5.69 Å². The smallest absolute Gasteiger partial charge is 0.309 e. The topological polar surface area (TPSA) is 92.8 Å². The fourth-order valence-electron chi connectivity index (χ4n) is 2.70. The lowest BCUT2D eigenvalue weighted by Gasteiger charge is -2.30. The Balaban J connectivity index is 1.87. The average Bonchev–Trinajstić information content (AvgIpc) is 2.63. The van der Waals surface area contributed by atoms with E-state index < -0.39 is 33.9 Å². The third-order valence-corrected chi connectivity index (χ3v) is 6.83. The van der Waals surface area contributed by atoms with Gasteiger partial charge in [0.25, 0.3) is 5.91 Å². The quantitative estimate of drug-likeness (QED) is 0.691. The first-order chi connectivity index (χ1) is 12.6. The third kappa shape index (κ3) is 5.81. The summed E-state index contributed by atoms with van der Waals surface area (Å²) in [4.78, 5) is 24.5. The van der Waals surface area contributed by atoms with Gasteiger partial charge in [0.2, 0.25) is 10.0 Å². The Labute approximate surface area is 169 Å². The Morgan fingerprint density at radius 2 is 1.93 bits per heavy atom. The van der Waals surface area contributed by atoms with Gasteiger partial charge in [-0.2, -0.15) is 0 Å². The highest BCUT2D eigenvalue weighted by molar-refractivity contribution is 7.89. The molecule has 7 nitrogen and oxygen atoms in total. The van der Waals surface area contributed by atoms with Crippen LogP contribution in [0.15, 0.2) is 18.2 Å². The zero-order valence-corrected chi connectivity index (χ0v) is 17.4. The van der Waals surface area contributed by atoms with Gasteiger partial charge in [0, 0.05) is 18.1 Å². The van der Waals surface area contributed by atoms with Crippen LogP contribution in [-0.2, 0) is 24.3 Å². The van der Waals surface area contributed by atoms with Gasteiger partial charge in [-0.25, -0.2) is 12.7 Å². The van der Waals surface area contributed by atoms with Gasteiger partial charge < -0.3 is 10.1 Å². The van der Waals surface area contributed by atoms with E-state index in [-0.39, 0.29) is 23.9 Å².